The van der Waals surface area contributed by atoms with Gasteiger partial charge in [0.1, 0.15) is 0 Å². The Labute approximate surface area is 77.5 Å². The predicted molar refractivity (Wildman–Crippen MR) is 50.2 cm³/mol. The monoisotopic (exact) mass is 192 g/mol. The first-order chi connectivity index (χ1) is 5.57. The van der Waals surface area contributed by atoms with E-state index in [2.05, 4.69) is 18.6 Å². The van der Waals surface area contributed by atoms with Crippen molar-refractivity contribution in [3.05, 3.63) is 0 Å². The highest BCUT2D eigenvalue weighted by atomic mass is 32.2. The van der Waals surface area contributed by atoms with Gasteiger partial charge in [-0.2, -0.15) is 11.8 Å². The van der Waals surface area contributed by atoms with Gasteiger partial charge in [0.2, 0.25) is 0 Å². The molecule has 1 atom stereocenters. The number of hydrogen-bond acceptors (Lipinski definition) is 4. The van der Waals surface area contributed by atoms with Crippen molar-refractivity contribution < 1.29 is 14.6 Å². The second-order valence-corrected chi connectivity index (χ2v) is 4.05. The normalized spacial score (nSPS) is 13.1. The molecule has 0 aliphatic heterocycles. The van der Waals surface area contributed by atoms with Crippen LogP contribution in [0.15, 0.2) is 0 Å². The summed E-state index contributed by atoms with van der Waals surface area (Å²) in [7, 11) is 1.28. The minimum atomic E-state index is -0.973. The van der Waals surface area contributed by atoms with E-state index in [4.69, 9.17) is 5.11 Å². The number of aliphatic hydroxyl groups excluding tert-OH is 1. The summed E-state index contributed by atoms with van der Waals surface area (Å²) >= 11 is 1.56. The molecule has 0 amide bonds. The van der Waals surface area contributed by atoms with Crippen molar-refractivity contribution in [2.75, 3.05) is 18.6 Å². The van der Waals surface area contributed by atoms with E-state index in [9.17, 15) is 4.79 Å². The number of carbonyl (C=O) groups excluding carboxylic acids is 1. The maximum Gasteiger partial charge on any atom is 0.335 e. The molecule has 12 heavy (non-hydrogen) atoms. The van der Waals surface area contributed by atoms with Gasteiger partial charge < -0.3 is 9.84 Å². The Morgan fingerprint density at radius 2 is 2.08 bits per heavy atom. The Hall–Kier alpha value is -0.220. The van der Waals surface area contributed by atoms with Crippen LogP contribution in [0.25, 0.3) is 0 Å². The third kappa shape index (κ3) is 5.43. The Kier molecular flexibility index (Phi) is 6.20. The van der Waals surface area contributed by atoms with Gasteiger partial charge in [-0.25, -0.2) is 4.79 Å². The summed E-state index contributed by atoms with van der Waals surface area (Å²) in [5, 5.41) is 9.14. The van der Waals surface area contributed by atoms with Crippen LogP contribution in [0.3, 0.4) is 0 Å². The maximum absolute atomic E-state index is 10.7. The second kappa shape index (κ2) is 6.31. The van der Waals surface area contributed by atoms with Crippen molar-refractivity contribution in [1.29, 1.82) is 0 Å². The third-order valence-corrected chi connectivity index (χ3v) is 2.65. The van der Waals surface area contributed by atoms with Gasteiger partial charge in [-0.05, 0) is 11.7 Å². The Balaban J connectivity index is 3.43. The summed E-state index contributed by atoms with van der Waals surface area (Å²) in [5.74, 6) is 1.41. The molecule has 0 aliphatic rings. The lowest BCUT2D eigenvalue weighted by molar-refractivity contribution is -0.149. The zero-order valence-corrected chi connectivity index (χ0v) is 8.56. The fourth-order valence-electron chi connectivity index (χ4n) is 0.619. The predicted octanol–water partition coefficient (Wildman–Crippen LogP) is 0.909. The van der Waals surface area contributed by atoms with E-state index in [0.29, 0.717) is 11.7 Å². The first kappa shape index (κ1) is 11.8. The molecular weight excluding hydrogens is 176 g/mol. The Morgan fingerprint density at radius 1 is 1.50 bits per heavy atom. The molecule has 0 aromatic carbocycles. The largest absolute Gasteiger partial charge is 0.467 e. The lowest BCUT2D eigenvalue weighted by Gasteiger charge is -2.08. The smallest absolute Gasteiger partial charge is 0.335 e. The molecule has 0 rings (SSSR count). The van der Waals surface area contributed by atoms with Crippen LogP contribution in [0.4, 0.5) is 0 Å². The van der Waals surface area contributed by atoms with Crippen LogP contribution in [0.2, 0.25) is 0 Å². The molecule has 1 unspecified atom stereocenters. The number of thioether (sulfide) groups is 1. The maximum atomic E-state index is 10.7. The lowest BCUT2D eigenvalue weighted by Crippen LogP contribution is -2.24. The summed E-state index contributed by atoms with van der Waals surface area (Å²) < 4.78 is 4.37. The van der Waals surface area contributed by atoms with Crippen LogP contribution in [-0.2, 0) is 9.53 Å². The summed E-state index contributed by atoms with van der Waals surface area (Å²) in [6.07, 6.45) is -0.973. The first-order valence-electron chi connectivity index (χ1n) is 3.91. The van der Waals surface area contributed by atoms with E-state index in [1.165, 1.54) is 7.11 Å². The first-order valence-corrected chi connectivity index (χ1v) is 5.07. The third-order valence-electron chi connectivity index (χ3n) is 1.20. The number of rotatable bonds is 5. The van der Waals surface area contributed by atoms with Crippen molar-refractivity contribution >= 4 is 17.7 Å². The molecule has 1 N–H and O–H groups in total. The Morgan fingerprint density at radius 3 is 2.50 bits per heavy atom. The van der Waals surface area contributed by atoms with Gasteiger partial charge in [0.05, 0.1) is 7.11 Å². The van der Waals surface area contributed by atoms with E-state index in [1.54, 1.807) is 11.8 Å². The average molecular weight is 192 g/mol. The standard InChI is InChI=1S/C8H16O3S/c1-6(2)4-12-5-7(9)8(10)11-3/h6-7,9H,4-5H2,1-3H3. The van der Waals surface area contributed by atoms with E-state index >= 15 is 0 Å². The average Bonchev–Trinajstić information content (AvgIpc) is 2.02. The molecule has 0 saturated heterocycles. The molecule has 0 aliphatic carbocycles. The van der Waals surface area contributed by atoms with Crippen molar-refractivity contribution in [2.45, 2.75) is 20.0 Å². The van der Waals surface area contributed by atoms with Gasteiger partial charge in [0.25, 0.3) is 0 Å². The van der Waals surface area contributed by atoms with Crippen molar-refractivity contribution in [2.24, 2.45) is 5.92 Å². The molecular formula is C8H16O3S. The van der Waals surface area contributed by atoms with Gasteiger partial charge in [-0.15, -0.1) is 0 Å². The van der Waals surface area contributed by atoms with E-state index in [-0.39, 0.29) is 0 Å². The summed E-state index contributed by atoms with van der Waals surface area (Å²) in [6.45, 7) is 4.19. The topological polar surface area (TPSA) is 46.5 Å². The van der Waals surface area contributed by atoms with E-state index in [1.807, 2.05) is 0 Å². The van der Waals surface area contributed by atoms with Crippen LogP contribution in [0.5, 0.6) is 0 Å². The quantitative estimate of drug-likeness (QED) is 0.658. The van der Waals surface area contributed by atoms with E-state index < -0.39 is 12.1 Å². The molecule has 0 aromatic heterocycles. The van der Waals surface area contributed by atoms with Gasteiger partial charge in [0.15, 0.2) is 6.10 Å². The highest BCUT2D eigenvalue weighted by Crippen LogP contribution is 2.09. The molecule has 0 spiro atoms. The van der Waals surface area contributed by atoms with Crippen LogP contribution < -0.4 is 0 Å². The molecule has 3 nitrogen and oxygen atoms in total. The summed E-state index contributed by atoms with van der Waals surface area (Å²) in [5.41, 5.74) is 0. The fraction of sp³-hybridized carbons (Fsp3) is 0.875. The molecule has 0 fully saturated rings. The molecule has 0 bridgehead atoms. The zero-order valence-electron chi connectivity index (χ0n) is 7.74. The number of hydrogen-bond donors (Lipinski definition) is 1. The van der Waals surface area contributed by atoms with Crippen LogP contribution in [0.1, 0.15) is 13.8 Å². The van der Waals surface area contributed by atoms with Crippen LogP contribution in [-0.4, -0.2) is 35.8 Å². The molecule has 0 heterocycles. The number of ether oxygens (including phenoxy) is 1. The van der Waals surface area contributed by atoms with Crippen LogP contribution >= 0.6 is 11.8 Å². The Bertz CT molecular complexity index is 136. The number of aliphatic hydroxyl groups is 1. The number of carbonyl (C=O) groups is 1. The van der Waals surface area contributed by atoms with E-state index in [0.717, 1.165) is 5.75 Å². The summed E-state index contributed by atoms with van der Waals surface area (Å²) in [4.78, 5) is 10.7. The molecule has 4 heteroatoms. The molecule has 0 radical (unpaired) electrons. The fourth-order valence-corrected chi connectivity index (χ4v) is 1.59. The number of methoxy groups -OCH3 is 1. The minimum Gasteiger partial charge on any atom is -0.467 e. The molecule has 0 saturated carbocycles. The zero-order chi connectivity index (χ0) is 9.56. The van der Waals surface area contributed by atoms with Crippen molar-refractivity contribution in [3.8, 4) is 0 Å². The summed E-state index contributed by atoms with van der Waals surface area (Å²) in [6, 6.07) is 0. The van der Waals surface area contributed by atoms with Gasteiger partial charge >= 0.3 is 5.97 Å². The highest BCUT2D eigenvalue weighted by Gasteiger charge is 2.14. The van der Waals surface area contributed by atoms with Crippen molar-refractivity contribution in [1.82, 2.24) is 0 Å². The van der Waals surface area contributed by atoms with Crippen molar-refractivity contribution in [3.63, 3.8) is 0 Å². The van der Waals surface area contributed by atoms with Crippen LogP contribution in [0, 0.1) is 5.92 Å². The SMILES string of the molecule is COC(=O)C(O)CSCC(C)C. The molecule has 72 valence electrons. The minimum absolute atomic E-state index is 0.421. The molecule has 0 aromatic rings. The number of esters is 1. The van der Waals surface area contributed by atoms with Gasteiger partial charge in [0, 0.05) is 5.75 Å². The lowest BCUT2D eigenvalue weighted by atomic mass is 10.3. The van der Waals surface area contributed by atoms with Gasteiger partial charge in [-0.3, -0.25) is 0 Å². The highest BCUT2D eigenvalue weighted by molar-refractivity contribution is 7.99. The second-order valence-electron chi connectivity index (χ2n) is 2.97. The van der Waals surface area contributed by atoms with Gasteiger partial charge in [-0.1, -0.05) is 13.8 Å².